The fourth-order valence-electron chi connectivity index (χ4n) is 3.16. The lowest BCUT2D eigenvalue weighted by Crippen LogP contribution is -2.38. The molecule has 2 aromatic rings. The van der Waals surface area contributed by atoms with E-state index in [1.165, 1.54) is 0 Å². The maximum absolute atomic E-state index is 13.1. The fourth-order valence-corrected chi connectivity index (χ4v) is 5.04. The van der Waals surface area contributed by atoms with Crippen molar-refractivity contribution in [3.05, 3.63) is 47.8 Å². The number of benzene rings is 1. The van der Waals surface area contributed by atoms with E-state index in [0.29, 0.717) is 17.1 Å². The summed E-state index contributed by atoms with van der Waals surface area (Å²) in [5.41, 5.74) is 1.62. The lowest BCUT2D eigenvalue weighted by atomic mass is 9.98. The summed E-state index contributed by atoms with van der Waals surface area (Å²) in [6.45, 7) is 2.31. The summed E-state index contributed by atoms with van der Waals surface area (Å²) in [6, 6.07) is 9.81. The zero-order chi connectivity index (χ0) is 15.7. The molecule has 0 spiro atoms. The van der Waals surface area contributed by atoms with Gasteiger partial charge in [0.15, 0.2) is 0 Å². The summed E-state index contributed by atoms with van der Waals surface area (Å²) in [5, 5.41) is 4.18. The maximum Gasteiger partial charge on any atom is 0.247 e. The van der Waals surface area contributed by atoms with Crippen LogP contribution in [0.25, 0.3) is 0 Å². The predicted octanol–water partition coefficient (Wildman–Crippen LogP) is 2.64. The van der Waals surface area contributed by atoms with Gasteiger partial charge in [0.25, 0.3) is 0 Å². The number of rotatable bonds is 3. The van der Waals surface area contributed by atoms with Gasteiger partial charge in [0.05, 0.1) is 11.7 Å². The molecule has 0 bridgehead atoms. The third-order valence-corrected chi connectivity index (χ3v) is 6.20. The Balaban J connectivity index is 2.02. The summed E-state index contributed by atoms with van der Waals surface area (Å²) in [5.74, 6) is 0. The summed E-state index contributed by atoms with van der Waals surface area (Å²) in [7, 11) is -1.77. The second kappa shape index (κ2) is 5.85. The minimum absolute atomic E-state index is 0.0837. The highest BCUT2D eigenvalue weighted by Gasteiger charge is 2.36. The molecule has 22 heavy (non-hydrogen) atoms. The Hall–Kier alpha value is -1.66. The number of hydrogen-bond acceptors (Lipinski definition) is 3. The van der Waals surface area contributed by atoms with E-state index in [9.17, 15) is 8.42 Å². The Morgan fingerprint density at radius 2 is 1.91 bits per heavy atom. The molecule has 3 rings (SSSR count). The number of piperidine rings is 1. The first-order valence-electron chi connectivity index (χ1n) is 7.57. The van der Waals surface area contributed by atoms with Crippen molar-refractivity contribution in [3.63, 3.8) is 0 Å². The quantitative estimate of drug-likeness (QED) is 0.874. The van der Waals surface area contributed by atoms with Crippen molar-refractivity contribution >= 4 is 10.0 Å². The van der Waals surface area contributed by atoms with Crippen LogP contribution in [0.5, 0.6) is 0 Å². The minimum Gasteiger partial charge on any atom is -0.274 e. The molecule has 1 saturated heterocycles. The van der Waals surface area contributed by atoms with Crippen LogP contribution in [0, 0.1) is 6.92 Å². The van der Waals surface area contributed by atoms with E-state index in [1.54, 1.807) is 29.2 Å². The highest BCUT2D eigenvalue weighted by atomic mass is 32.2. The standard InChI is InChI=1S/C16H21N3O2S/c1-13-16(12-18(2)17-13)22(20,21)19-11-7-6-10-15(19)14-8-4-3-5-9-14/h3-5,8-9,12,15H,6-7,10-11H2,1-2H3. The van der Waals surface area contributed by atoms with Crippen molar-refractivity contribution in [2.24, 2.45) is 7.05 Å². The van der Waals surface area contributed by atoms with E-state index < -0.39 is 10.0 Å². The lowest BCUT2D eigenvalue weighted by molar-refractivity contribution is 0.256. The van der Waals surface area contributed by atoms with Gasteiger partial charge in [-0.3, -0.25) is 4.68 Å². The van der Waals surface area contributed by atoms with Crippen LogP contribution in [0.4, 0.5) is 0 Å². The number of hydrogen-bond donors (Lipinski definition) is 0. The summed E-state index contributed by atoms with van der Waals surface area (Å²) >= 11 is 0. The molecule has 1 aliphatic rings. The van der Waals surface area contributed by atoms with E-state index in [1.807, 2.05) is 30.3 Å². The van der Waals surface area contributed by atoms with Crippen molar-refractivity contribution in [2.75, 3.05) is 6.54 Å². The molecule has 1 unspecified atom stereocenters. The van der Waals surface area contributed by atoms with Gasteiger partial charge >= 0.3 is 0 Å². The van der Waals surface area contributed by atoms with Gasteiger partial charge in [0.2, 0.25) is 10.0 Å². The Morgan fingerprint density at radius 1 is 1.18 bits per heavy atom. The highest BCUT2D eigenvalue weighted by Crippen LogP contribution is 2.35. The van der Waals surface area contributed by atoms with Gasteiger partial charge in [-0.15, -0.1) is 0 Å². The SMILES string of the molecule is Cc1nn(C)cc1S(=O)(=O)N1CCCCC1c1ccccc1. The van der Waals surface area contributed by atoms with E-state index >= 15 is 0 Å². The van der Waals surface area contributed by atoms with Crippen LogP contribution < -0.4 is 0 Å². The van der Waals surface area contributed by atoms with Gasteiger partial charge in [-0.05, 0) is 25.3 Å². The molecule has 0 aliphatic carbocycles. The van der Waals surface area contributed by atoms with Crippen LogP contribution >= 0.6 is 0 Å². The van der Waals surface area contributed by atoms with E-state index in [0.717, 1.165) is 24.8 Å². The van der Waals surface area contributed by atoms with Gasteiger partial charge < -0.3 is 0 Å². The summed E-state index contributed by atoms with van der Waals surface area (Å²) in [6.07, 6.45) is 4.42. The average molecular weight is 319 g/mol. The molecule has 5 nitrogen and oxygen atoms in total. The molecule has 0 saturated carbocycles. The normalized spacial score (nSPS) is 20.2. The molecule has 1 aliphatic heterocycles. The summed E-state index contributed by atoms with van der Waals surface area (Å²) in [4.78, 5) is 0.317. The second-order valence-electron chi connectivity index (χ2n) is 5.79. The largest absolute Gasteiger partial charge is 0.274 e. The van der Waals surface area contributed by atoms with Gasteiger partial charge in [0, 0.05) is 19.8 Å². The molecule has 1 aromatic carbocycles. The zero-order valence-electron chi connectivity index (χ0n) is 12.9. The van der Waals surface area contributed by atoms with Crippen LogP contribution in [0.3, 0.4) is 0 Å². The molecule has 6 heteroatoms. The fraction of sp³-hybridized carbons (Fsp3) is 0.438. The smallest absolute Gasteiger partial charge is 0.247 e. The lowest BCUT2D eigenvalue weighted by Gasteiger charge is -2.34. The van der Waals surface area contributed by atoms with Crippen LogP contribution in [-0.4, -0.2) is 29.0 Å². The molecule has 1 aromatic heterocycles. The Bertz CT molecular complexity index is 753. The second-order valence-corrected chi connectivity index (χ2v) is 7.65. The first kappa shape index (κ1) is 15.2. The number of aryl methyl sites for hydroxylation is 2. The maximum atomic E-state index is 13.1. The average Bonchev–Trinajstić information content (AvgIpc) is 2.87. The van der Waals surface area contributed by atoms with Crippen molar-refractivity contribution in [1.29, 1.82) is 0 Å². The molecule has 0 N–H and O–H groups in total. The molecule has 1 atom stereocenters. The molecular formula is C16H21N3O2S. The van der Waals surface area contributed by atoms with Crippen LogP contribution in [0.15, 0.2) is 41.4 Å². The van der Waals surface area contributed by atoms with Gasteiger partial charge in [-0.25, -0.2) is 8.42 Å². The van der Waals surface area contributed by atoms with Crippen molar-refractivity contribution in [3.8, 4) is 0 Å². The van der Waals surface area contributed by atoms with Gasteiger partial charge in [-0.2, -0.15) is 9.40 Å². The van der Waals surface area contributed by atoms with Gasteiger partial charge in [-0.1, -0.05) is 36.8 Å². The van der Waals surface area contributed by atoms with E-state index in [2.05, 4.69) is 5.10 Å². The monoisotopic (exact) mass is 319 g/mol. The molecule has 2 heterocycles. The molecule has 118 valence electrons. The van der Waals surface area contributed by atoms with Crippen LogP contribution in [0.1, 0.15) is 36.6 Å². The molecular weight excluding hydrogens is 298 g/mol. The Morgan fingerprint density at radius 3 is 2.55 bits per heavy atom. The molecule has 0 amide bonds. The summed E-state index contributed by atoms with van der Waals surface area (Å²) < 4.78 is 29.4. The van der Waals surface area contributed by atoms with Crippen molar-refractivity contribution in [2.45, 2.75) is 37.1 Å². The van der Waals surface area contributed by atoms with Crippen LogP contribution in [-0.2, 0) is 17.1 Å². The van der Waals surface area contributed by atoms with Crippen LogP contribution in [0.2, 0.25) is 0 Å². The topological polar surface area (TPSA) is 55.2 Å². The number of aromatic nitrogens is 2. The zero-order valence-corrected chi connectivity index (χ0v) is 13.8. The third kappa shape index (κ3) is 2.68. The predicted molar refractivity (Wildman–Crippen MR) is 84.9 cm³/mol. The van der Waals surface area contributed by atoms with E-state index in [4.69, 9.17) is 0 Å². The highest BCUT2D eigenvalue weighted by molar-refractivity contribution is 7.89. The van der Waals surface area contributed by atoms with Gasteiger partial charge in [0.1, 0.15) is 4.90 Å². The molecule has 0 radical (unpaired) electrons. The van der Waals surface area contributed by atoms with Crippen molar-refractivity contribution in [1.82, 2.24) is 14.1 Å². The number of sulfonamides is 1. The first-order valence-corrected chi connectivity index (χ1v) is 9.01. The number of nitrogens with zero attached hydrogens (tertiary/aromatic N) is 3. The Kier molecular flexibility index (Phi) is 4.06. The molecule has 1 fully saturated rings. The Labute approximate surface area is 131 Å². The van der Waals surface area contributed by atoms with E-state index in [-0.39, 0.29) is 6.04 Å². The third-order valence-electron chi connectivity index (χ3n) is 4.19. The van der Waals surface area contributed by atoms with Crippen molar-refractivity contribution < 1.29 is 8.42 Å². The minimum atomic E-state index is -3.52. The first-order chi connectivity index (χ1) is 10.5.